The number of pyridine rings is 1. The van der Waals surface area contributed by atoms with Crippen LogP contribution >= 0.6 is 0 Å². The molecule has 0 amide bonds. The number of imidazole rings is 1. The fourth-order valence-electron chi connectivity index (χ4n) is 2.51. The van der Waals surface area contributed by atoms with Crippen molar-refractivity contribution >= 4 is 17.0 Å². The zero-order valence-corrected chi connectivity index (χ0v) is 10.1. The van der Waals surface area contributed by atoms with Gasteiger partial charge in [-0.1, -0.05) is 0 Å². The van der Waals surface area contributed by atoms with Crippen molar-refractivity contribution in [1.82, 2.24) is 19.9 Å². The van der Waals surface area contributed by atoms with Crippen molar-refractivity contribution in [3.8, 4) is 0 Å². The fraction of sp³-hybridized carbons (Fsp3) is 0.417. The zero-order chi connectivity index (χ0) is 12.5. The van der Waals surface area contributed by atoms with Crippen LogP contribution in [0.2, 0.25) is 0 Å². The minimum atomic E-state index is 0.0588. The van der Waals surface area contributed by atoms with Crippen LogP contribution in [0.1, 0.15) is 18.4 Å². The second-order valence-corrected chi connectivity index (χ2v) is 4.63. The summed E-state index contributed by atoms with van der Waals surface area (Å²) in [6, 6.07) is 2.24. The first kappa shape index (κ1) is 11.2. The van der Waals surface area contributed by atoms with Crippen molar-refractivity contribution in [3.63, 3.8) is 0 Å². The first-order chi connectivity index (χ1) is 8.75. The van der Waals surface area contributed by atoms with Crippen LogP contribution in [-0.2, 0) is 6.54 Å². The number of hydrogen-bond acceptors (Lipinski definition) is 4. The van der Waals surface area contributed by atoms with E-state index < -0.39 is 0 Å². The highest BCUT2D eigenvalue weighted by Crippen LogP contribution is 2.17. The van der Waals surface area contributed by atoms with Crippen LogP contribution in [0, 0.1) is 5.41 Å². The van der Waals surface area contributed by atoms with Crippen molar-refractivity contribution < 1.29 is 0 Å². The van der Waals surface area contributed by atoms with Crippen LogP contribution in [0.4, 0.5) is 0 Å². The van der Waals surface area contributed by atoms with Crippen molar-refractivity contribution in [1.29, 1.82) is 5.41 Å². The molecule has 2 aromatic rings. The second-order valence-electron chi connectivity index (χ2n) is 4.63. The molecule has 0 saturated carbocycles. The van der Waals surface area contributed by atoms with Gasteiger partial charge in [-0.15, -0.1) is 0 Å². The Morgan fingerprint density at radius 1 is 1.56 bits per heavy atom. The van der Waals surface area contributed by atoms with Crippen molar-refractivity contribution in [3.05, 3.63) is 24.2 Å². The molecule has 1 aliphatic rings. The van der Waals surface area contributed by atoms with E-state index in [9.17, 15) is 0 Å². The van der Waals surface area contributed by atoms with Crippen LogP contribution in [-0.4, -0.2) is 33.0 Å². The Balaban J connectivity index is 2.03. The van der Waals surface area contributed by atoms with Gasteiger partial charge in [0.05, 0.1) is 11.8 Å². The van der Waals surface area contributed by atoms with E-state index >= 15 is 0 Å². The third-order valence-electron chi connectivity index (χ3n) is 3.38. The fourth-order valence-corrected chi connectivity index (χ4v) is 2.51. The van der Waals surface area contributed by atoms with Gasteiger partial charge in [0, 0.05) is 24.3 Å². The summed E-state index contributed by atoms with van der Waals surface area (Å²) in [4.78, 5) is 8.49. The van der Waals surface area contributed by atoms with Gasteiger partial charge in [-0.25, -0.2) is 9.97 Å². The third-order valence-corrected chi connectivity index (χ3v) is 3.38. The SMILES string of the molecule is N=C(N)c1ccnc2ncn(CC3CCCN3)c12. The van der Waals surface area contributed by atoms with E-state index in [-0.39, 0.29) is 5.84 Å². The highest BCUT2D eigenvalue weighted by Gasteiger charge is 2.17. The number of aromatic nitrogens is 3. The molecule has 1 atom stereocenters. The number of nitrogens with one attached hydrogen (secondary N) is 2. The molecule has 94 valence electrons. The van der Waals surface area contributed by atoms with Gasteiger partial charge in [0.2, 0.25) is 0 Å². The van der Waals surface area contributed by atoms with E-state index in [1.807, 2.05) is 4.57 Å². The Hall–Kier alpha value is -1.95. The van der Waals surface area contributed by atoms with Crippen LogP contribution in [0.5, 0.6) is 0 Å². The summed E-state index contributed by atoms with van der Waals surface area (Å²) in [7, 11) is 0. The Kier molecular flexibility index (Phi) is 2.71. The first-order valence-corrected chi connectivity index (χ1v) is 6.13. The number of rotatable bonds is 3. The highest BCUT2D eigenvalue weighted by atomic mass is 15.1. The van der Waals surface area contributed by atoms with Crippen LogP contribution in [0.15, 0.2) is 18.6 Å². The maximum Gasteiger partial charge on any atom is 0.178 e. The number of hydrogen-bond donors (Lipinski definition) is 3. The standard InChI is InChI=1S/C12H16N6/c13-11(14)9-3-5-16-12-10(9)18(7-17-12)6-8-2-1-4-15-8/h3,5,7-8,15H,1-2,4,6H2,(H3,13,14). The van der Waals surface area contributed by atoms with E-state index in [0.29, 0.717) is 17.3 Å². The molecule has 6 nitrogen and oxygen atoms in total. The van der Waals surface area contributed by atoms with Crippen molar-refractivity contribution in [2.45, 2.75) is 25.4 Å². The molecule has 4 N–H and O–H groups in total. The Morgan fingerprint density at radius 3 is 3.17 bits per heavy atom. The molecule has 6 heteroatoms. The molecule has 0 radical (unpaired) electrons. The van der Waals surface area contributed by atoms with Crippen LogP contribution in [0.3, 0.4) is 0 Å². The third kappa shape index (κ3) is 1.84. The minimum Gasteiger partial charge on any atom is -0.384 e. The maximum absolute atomic E-state index is 7.63. The van der Waals surface area contributed by atoms with Gasteiger partial charge < -0.3 is 15.6 Å². The van der Waals surface area contributed by atoms with Crippen molar-refractivity contribution in [2.75, 3.05) is 6.54 Å². The molecule has 0 aromatic carbocycles. The maximum atomic E-state index is 7.63. The average molecular weight is 244 g/mol. The Morgan fingerprint density at radius 2 is 2.44 bits per heavy atom. The summed E-state index contributed by atoms with van der Waals surface area (Å²) in [5, 5.41) is 11.1. The minimum absolute atomic E-state index is 0.0588. The quantitative estimate of drug-likeness (QED) is 0.540. The normalized spacial score (nSPS) is 19.4. The summed E-state index contributed by atoms with van der Waals surface area (Å²) in [5.41, 5.74) is 7.83. The second kappa shape index (κ2) is 4.38. The molecule has 0 spiro atoms. The van der Waals surface area contributed by atoms with Gasteiger partial charge in [-0.2, -0.15) is 0 Å². The molecule has 2 aromatic heterocycles. The van der Waals surface area contributed by atoms with Gasteiger partial charge >= 0.3 is 0 Å². The molecule has 3 rings (SSSR count). The smallest absolute Gasteiger partial charge is 0.178 e. The number of nitrogens with zero attached hydrogens (tertiary/aromatic N) is 3. The zero-order valence-electron chi connectivity index (χ0n) is 10.1. The monoisotopic (exact) mass is 244 g/mol. The lowest BCUT2D eigenvalue weighted by molar-refractivity contribution is 0.517. The molecule has 0 bridgehead atoms. The lowest BCUT2D eigenvalue weighted by Crippen LogP contribution is -2.26. The summed E-state index contributed by atoms with van der Waals surface area (Å²) in [6.45, 7) is 1.93. The van der Waals surface area contributed by atoms with E-state index in [1.54, 1.807) is 18.6 Å². The van der Waals surface area contributed by atoms with Crippen molar-refractivity contribution in [2.24, 2.45) is 5.73 Å². The summed E-state index contributed by atoms with van der Waals surface area (Å²) >= 11 is 0. The van der Waals surface area contributed by atoms with Gasteiger partial charge in [-0.3, -0.25) is 5.41 Å². The van der Waals surface area contributed by atoms with Crippen LogP contribution in [0.25, 0.3) is 11.2 Å². The van der Waals surface area contributed by atoms with Gasteiger partial charge in [-0.05, 0) is 25.5 Å². The lowest BCUT2D eigenvalue weighted by atomic mass is 10.2. The largest absolute Gasteiger partial charge is 0.384 e. The van der Waals surface area contributed by atoms with Gasteiger partial charge in [0.15, 0.2) is 5.65 Å². The van der Waals surface area contributed by atoms with E-state index in [2.05, 4.69) is 15.3 Å². The number of fused-ring (bicyclic) bond motifs is 1. The van der Waals surface area contributed by atoms with Crippen LogP contribution < -0.4 is 11.1 Å². The van der Waals surface area contributed by atoms with E-state index in [0.717, 1.165) is 18.6 Å². The number of nitrogens with two attached hydrogens (primary N) is 1. The lowest BCUT2D eigenvalue weighted by Gasteiger charge is -2.12. The number of amidine groups is 1. The molecular weight excluding hydrogens is 228 g/mol. The van der Waals surface area contributed by atoms with E-state index in [4.69, 9.17) is 11.1 Å². The molecule has 18 heavy (non-hydrogen) atoms. The number of nitrogen functional groups attached to an aromatic ring is 1. The predicted molar refractivity (Wildman–Crippen MR) is 69.6 cm³/mol. The molecule has 3 heterocycles. The topological polar surface area (TPSA) is 92.6 Å². The molecule has 1 fully saturated rings. The Bertz CT molecular complexity index is 581. The molecule has 0 aliphatic carbocycles. The molecule has 1 aliphatic heterocycles. The summed E-state index contributed by atoms with van der Waals surface area (Å²) in [5.74, 6) is 0.0588. The first-order valence-electron chi connectivity index (χ1n) is 6.13. The van der Waals surface area contributed by atoms with E-state index in [1.165, 1.54) is 12.8 Å². The molecule has 1 unspecified atom stereocenters. The molecular formula is C12H16N6. The molecule has 1 saturated heterocycles. The highest BCUT2D eigenvalue weighted by molar-refractivity contribution is 6.04. The summed E-state index contributed by atoms with van der Waals surface area (Å²) < 4.78 is 2.04. The summed E-state index contributed by atoms with van der Waals surface area (Å²) in [6.07, 6.45) is 5.82. The Labute approximate surface area is 105 Å². The van der Waals surface area contributed by atoms with Gasteiger partial charge in [0.1, 0.15) is 5.84 Å². The van der Waals surface area contributed by atoms with Gasteiger partial charge in [0.25, 0.3) is 0 Å². The predicted octanol–water partition coefficient (Wildman–Crippen LogP) is 0.467. The average Bonchev–Trinajstić information content (AvgIpc) is 2.99.